The summed E-state index contributed by atoms with van der Waals surface area (Å²) in [5, 5.41) is 6.32. The van der Waals surface area contributed by atoms with E-state index in [0.29, 0.717) is 12.2 Å². The van der Waals surface area contributed by atoms with Crippen LogP contribution in [-0.2, 0) is 11.2 Å². The second-order valence-corrected chi connectivity index (χ2v) is 5.55. The van der Waals surface area contributed by atoms with Crippen LogP contribution in [0.1, 0.15) is 42.1 Å². The van der Waals surface area contributed by atoms with Crippen LogP contribution in [0.25, 0.3) is 0 Å². The maximum atomic E-state index is 12.2. The zero-order chi connectivity index (χ0) is 15.5. The van der Waals surface area contributed by atoms with Crippen molar-refractivity contribution in [2.24, 2.45) is 0 Å². The van der Waals surface area contributed by atoms with Crippen LogP contribution in [0.2, 0.25) is 0 Å². The molecule has 0 radical (unpaired) electrons. The van der Waals surface area contributed by atoms with Gasteiger partial charge in [0.2, 0.25) is 5.91 Å². The van der Waals surface area contributed by atoms with E-state index in [0.717, 1.165) is 25.0 Å². The first-order valence-electron chi connectivity index (χ1n) is 7.42. The van der Waals surface area contributed by atoms with E-state index in [1.165, 1.54) is 11.1 Å². The van der Waals surface area contributed by atoms with Crippen LogP contribution < -0.4 is 10.1 Å². The standard InChI is InChI=1S/C16H19N3O3/c1-10-17-16(22-19-10)18-15(20)9-12-5-3-4-11-8-13(21-2)6-7-14(11)12/h6-8,12H,3-5,9H2,1-2H3,(H,17,18,19,20). The Kier molecular flexibility index (Phi) is 4.09. The molecule has 0 saturated heterocycles. The van der Waals surface area contributed by atoms with Gasteiger partial charge in [0, 0.05) is 6.42 Å². The predicted octanol–water partition coefficient (Wildman–Crippen LogP) is 2.84. The van der Waals surface area contributed by atoms with Crippen LogP contribution in [0.4, 0.5) is 6.01 Å². The third-order valence-corrected chi connectivity index (χ3v) is 3.99. The molecule has 22 heavy (non-hydrogen) atoms. The van der Waals surface area contributed by atoms with Crippen molar-refractivity contribution in [3.8, 4) is 5.75 Å². The van der Waals surface area contributed by atoms with Crippen LogP contribution in [0, 0.1) is 6.92 Å². The van der Waals surface area contributed by atoms with Gasteiger partial charge in [-0.1, -0.05) is 11.2 Å². The van der Waals surface area contributed by atoms with Gasteiger partial charge in [-0.05, 0) is 55.4 Å². The molecule has 0 spiro atoms. The van der Waals surface area contributed by atoms with E-state index in [1.54, 1.807) is 14.0 Å². The van der Waals surface area contributed by atoms with Gasteiger partial charge < -0.3 is 9.26 Å². The molecule has 1 atom stereocenters. The fourth-order valence-electron chi connectivity index (χ4n) is 2.97. The quantitative estimate of drug-likeness (QED) is 0.939. The number of amides is 1. The summed E-state index contributed by atoms with van der Waals surface area (Å²) in [7, 11) is 1.67. The molecule has 1 aliphatic carbocycles. The highest BCUT2D eigenvalue weighted by Gasteiger charge is 2.23. The minimum absolute atomic E-state index is 0.0997. The second-order valence-electron chi connectivity index (χ2n) is 5.55. The molecule has 6 heteroatoms. The molecule has 3 rings (SSSR count). The summed E-state index contributed by atoms with van der Waals surface area (Å²) in [6.07, 6.45) is 3.54. The lowest BCUT2D eigenvalue weighted by Gasteiger charge is -2.25. The first-order valence-corrected chi connectivity index (χ1v) is 7.42. The maximum Gasteiger partial charge on any atom is 0.328 e. The van der Waals surface area contributed by atoms with Crippen molar-refractivity contribution in [1.82, 2.24) is 10.1 Å². The number of ether oxygens (including phenoxy) is 1. The fraction of sp³-hybridized carbons (Fsp3) is 0.438. The van der Waals surface area contributed by atoms with Gasteiger partial charge in [-0.2, -0.15) is 4.98 Å². The number of hydrogen-bond acceptors (Lipinski definition) is 5. The molecule has 0 aliphatic heterocycles. The summed E-state index contributed by atoms with van der Waals surface area (Å²) in [4.78, 5) is 16.1. The van der Waals surface area contributed by atoms with Gasteiger partial charge in [0.15, 0.2) is 5.82 Å². The van der Waals surface area contributed by atoms with Gasteiger partial charge in [0.05, 0.1) is 7.11 Å². The van der Waals surface area contributed by atoms with Crippen LogP contribution in [0.15, 0.2) is 22.7 Å². The van der Waals surface area contributed by atoms with Crippen LogP contribution in [0.5, 0.6) is 5.75 Å². The third-order valence-electron chi connectivity index (χ3n) is 3.99. The van der Waals surface area contributed by atoms with Crippen molar-refractivity contribution in [1.29, 1.82) is 0 Å². The van der Waals surface area contributed by atoms with Gasteiger partial charge in [-0.15, -0.1) is 0 Å². The number of nitrogens with one attached hydrogen (secondary N) is 1. The van der Waals surface area contributed by atoms with Crippen LogP contribution >= 0.6 is 0 Å². The molecule has 0 fully saturated rings. The number of nitrogens with zero attached hydrogens (tertiary/aromatic N) is 2. The summed E-state index contributed by atoms with van der Waals surface area (Å²) in [5.74, 6) is 1.49. The Bertz CT molecular complexity index is 681. The van der Waals surface area contributed by atoms with Crippen molar-refractivity contribution in [2.75, 3.05) is 12.4 Å². The average Bonchev–Trinajstić information content (AvgIpc) is 2.92. The predicted molar refractivity (Wildman–Crippen MR) is 81.0 cm³/mol. The lowest BCUT2D eigenvalue weighted by atomic mass is 9.81. The van der Waals surface area contributed by atoms with Crippen molar-refractivity contribution >= 4 is 11.9 Å². The number of fused-ring (bicyclic) bond motifs is 1. The Morgan fingerprint density at radius 2 is 2.36 bits per heavy atom. The Morgan fingerprint density at radius 3 is 3.09 bits per heavy atom. The first kappa shape index (κ1) is 14.6. The molecular weight excluding hydrogens is 282 g/mol. The fourth-order valence-corrected chi connectivity index (χ4v) is 2.97. The van der Waals surface area contributed by atoms with E-state index in [2.05, 4.69) is 27.6 Å². The topological polar surface area (TPSA) is 77.2 Å². The minimum atomic E-state index is -0.0997. The van der Waals surface area contributed by atoms with Crippen molar-refractivity contribution in [3.05, 3.63) is 35.2 Å². The summed E-state index contributed by atoms with van der Waals surface area (Å²) in [6, 6.07) is 6.26. The molecule has 1 amide bonds. The summed E-state index contributed by atoms with van der Waals surface area (Å²) >= 11 is 0. The number of rotatable bonds is 4. The smallest absolute Gasteiger partial charge is 0.328 e. The minimum Gasteiger partial charge on any atom is -0.497 e. The second kappa shape index (κ2) is 6.17. The van der Waals surface area contributed by atoms with Crippen LogP contribution in [0.3, 0.4) is 0 Å². The Balaban J connectivity index is 1.70. The number of carbonyl (C=O) groups excluding carboxylic acids is 1. The Hall–Kier alpha value is -2.37. The first-order chi connectivity index (χ1) is 10.7. The number of methoxy groups -OCH3 is 1. The van der Waals surface area contributed by atoms with Crippen molar-refractivity contribution < 1.29 is 14.1 Å². The number of anilines is 1. The highest BCUT2D eigenvalue weighted by molar-refractivity contribution is 5.89. The van der Waals surface area contributed by atoms with E-state index in [4.69, 9.17) is 9.26 Å². The zero-order valence-electron chi connectivity index (χ0n) is 12.8. The third kappa shape index (κ3) is 3.10. The molecule has 0 saturated carbocycles. The van der Waals surface area contributed by atoms with E-state index in [-0.39, 0.29) is 17.8 Å². The highest BCUT2D eigenvalue weighted by atomic mass is 16.5. The summed E-state index contributed by atoms with van der Waals surface area (Å²) in [5.41, 5.74) is 2.51. The normalized spacial score (nSPS) is 16.9. The molecule has 1 heterocycles. The van der Waals surface area contributed by atoms with E-state index in [9.17, 15) is 4.79 Å². The Labute approximate surface area is 128 Å². The molecule has 116 valence electrons. The SMILES string of the molecule is COc1ccc2c(c1)CCCC2CC(=O)Nc1nc(C)no1. The monoisotopic (exact) mass is 301 g/mol. The van der Waals surface area contributed by atoms with E-state index >= 15 is 0 Å². The molecule has 1 aliphatic rings. The Morgan fingerprint density at radius 1 is 1.50 bits per heavy atom. The summed E-state index contributed by atoms with van der Waals surface area (Å²) in [6.45, 7) is 1.71. The molecule has 1 aromatic heterocycles. The molecular formula is C16H19N3O3. The number of aryl methyl sites for hydroxylation is 2. The molecule has 6 nitrogen and oxygen atoms in total. The largest absolute Gasteiger partial charge is 0.497 e. The number of aromatic nitrogens is 2. The number of benzene rings is 1. The molecule has 1 N–H and O–H groups in total. The van der Waals surface area contributed by atoms with Gasteiger partial charge in [-0.3, -0.25) is 10.1 Å². The molecule has 0 bridgehead atoms. The molecule has 1 unspecified atom stereocenters. The van der Waals surface area contributed by atoms with E-state index in [1.807, 2.05) is 6.07 Å². The lowest BCUT2D eigenvalue weighted by Crippen LogP contribution is -2.19. The van der Waals surface area contributed by atoms with Crippen LogP contribution in [-0.4, -0.2) is 23.2 Å². The van der Waals surface area contributed by atoms with Gasteiger partial charge in [0.1, 0.15) is 5.75 Å². The summed E-state index contributed by atoms with van der Waals surface area (Å²) < 4.78 is 10.2. The van der Waals surface area contributed by atoms with E-state index < -0.39 is 0 Å². The zero-order valence-corrected chi connectivity index (χ0v) is 12.8. The maximum absolute atomic E-state index is 12.2. The van der Waals surface area contributed by atoms with Gasteiger partial charge >= 0.3 is 6.01 Å². The van der Waals surface area contributed by atoms with Crippen molar-refractivity contribution in [3.63, 3.8) is 0 Å². The number of carbonyl (C=O) groups is 1. The molecule has 2 aromatic rings. The number of hydrogen-bond donors (Lipinski definition) is 1. The van der Waals surface area contributed by atoms with Gasteiger partial charge in [0.25, 0.3) is 0 Å². The highest BCUT2D eigenvalue weighted by Crippen LogP contribution is 2.35. The van der Waals surface area contributed by atoms with Gasteiger partial charge in [-0.25, -0.2) is 0 Å². The lowest BCUT2D eigenvalue weighted by molar-refractivity contribution is -0.116. The average molecular weight is 301 g/mol. The van der Waals surface area contributed by atoms with Crippen molar-refractivity contribution in [2.45, 2.75) is 38.5 Å². The molecule has 1 aromatic carbocycles.